The largest absolute Gasteiger partial charge is 0.438 e. The second kappa shape index (κ2) is 7.78. The van der Waals surface area contributed by atoms with Gasteiger partial charge in [0.2, 0.25) is 15.9 Å². The first-order valence-electron chi connectivity index (χ1n) is 7.38. The Morgan fingerprint density at radius 1 is 1.25 bits per heavy atom. The molecule has 0 bridgehead atoms. The van der Waals surface area contributed by atoms with Gasteiger partial charge >= 0.3 is 0 Å². The summed E-state index contributed by atoms with van der Waals surface area (Å²) in [4.78, 5) is 16.2. The van der Waals surface area contributed by atoms with Crippen LogP contribution in [0.15, 0.2) is 42.6 Å². The molecule has 2 rings (SSSR count). The van der Waals surface area contributed by atoms with Crippen molar-refractivity contribution in [2.24, 2.45) is 0 Å². The van der Waals surface area contributed by atoms with Gasteiger partial charge in [-0.25, -0.2) is 13.4 Å². The Bertz CT molecular complexity index is 822. The summed E-state index contributed by atoms with van der Waals surface area (Å²) in [6, 6.07) is 9.67. The molecule has 8 heteroatoms. The Balaban J connectivity index is 2.22. The third-order valence-electron chi connectivity index (χ3n) is 2.90. The zero-order chi connectivity index (χ0) is 17.6. The molecule has 0 aliphatic rings. The number of ether oxygens (including phenoxy) is 1. The molecule has 1 amide bonds. The van der Waals surface area contributed by atoms with E-state index in [0.29, 0.717) is 23.5 Å². The summed E-state index contributed by atoms with van der Waals surface area (Å²) in [6.45, 7) is 2.52. The lowest BCUT2D eigenvalue weighted by Crippen LogP contribution is -2.24. The Morgan fingerprint density at radius 3 is 2.75 bits per heavy atom. The Kier molecular flexibility index (Phi) is 5.75. The van der Waals surface area contributed by atoms with Crippen LogP contribution < -0.4 is 14.8 Å². The van der Waals surface area contributed by atoms with Crippen LogP contribution in [0.25, 0.3) is 0 Å². The molecule has 0 spiro atoms. The van der Waals surface area contributed by atoms with E-state index >= 15 is 0 Å². The summed E-state index contributed by atoms with van der Waals surface area (Å²) in [6.07, 6.45) is 3.40. The number of benzene rings is 1. The SMILES string of the molecule is CCCNC(=O)c1cccnc1Oc1cccc(NS(C)(=O)=O)c1. The van der Waals surface area contributed by atoms with Crippen molar-refractivity contribution in [2.45, 2.75) is 13.3 Å². The Labute approximate surface area is 141 Å². The maximum Gasteiger partial charge on any atom is 0.256 e. The van der Waals surface area contributed by atoms with Gasteiger partial charge in [-0.2, -0.15) is 0 Å². The summed E-state index contributed by atoms with van der Waals surface area (Å²) in [5.41, 5.74) is 0.676. The van der Waals surface area contributed by atoms with E-state index in [1.165, 1.54) is 12.3 Å². The molecule has 2 N–H and O–H groups in total. The lowest BCUT2D eigenvalue weighted by Gasteiger charge is -2.11. The van der Waals surface area contributed by atoms with Crippen molar-refractivity contribution in [3.05, 3.63) is 48.2 Å². The third kappa shape index (κ3) is 5.24. The monoisotopic (exact) mass is 349 g/mol. The van der Waals surface area contributed by atoms with Crippen molar-refractivity contribution in [2.75, 3.05) is 17.5 Å². The number of nitrogens with one attached hydrogen (secondary N) is 2. The topological polar surface area (TPSA) is 97.4 Å². The molecule has 0 atom stereocenters. The average Bonchev–Trinajstić information content (AvgIpc) is 2.52. The van der Waals surface area contributed by atoms with Gasteiger partial charge in [-0.15, -0.1) is 0 Å². The number of anilines is 1. The molecule has 0 saturated heterocycles. The van der Waals surface area contributed by atoms with E-state index in [-0.39, 0.29) is 11.8 Å². The first-order valence-corrected chi connectivity index (χ1v) is 9.27. The maximum atomic E-state index is 12.1. The summed E-state index contributed by atoms with van der Waals surface area (Å²) in [7, 11) is -3.38. The van der Waals surface area contributed by atoms with Crippen LogP contribution in [-0.2, 0) is 10.0 Å². The molecule has 0 aliphatic carbocycles. The standard InChI is InChI=1S/C16H19N3O4S/c1-3-9-17-15(20)14-8-5-10-18-16(14)23-13-7-4-6-12(11-13)19-24(2,21)22/h4-8,10-11,19H,3,9H2,1-2H3,(H,17,20). The summed E-state index contributed by atoms with van der Waals surface area (Å²) in [5.74, 6) is 0.250. The van der Waals surface area contributed by atoms with Crippen molar-refractivity contribution in [1.29, 1.82) is 0 Å². The highest BCUT2D eigenvalue weighted by atomic mass is 32.2. The molecular formula is C16H19N3O4S. The molecule has 0 saturated carbocycles. The number of pyridine rings is 1. The van der Waals surface area contributed by atoms with Crippen LogP contribution in [0.3, 0.4) is 0 Å². The fourth-order valence-corrected chi connectivity index (χ4v) is 2.48. The number of rotatable bonds is 7. The molecule has 0 radical (unpaired) electrons. The molecule has 128 valence electrons. The molecule has 24 heavy (non-hydrogen) atoms. The van der Waals surface area contributed by atoms with Crippen LogP contribution in [0.4, 0.5) is 5.69 Å². The third-order valence-corrected chi connectivity index (χ3v) is 3.51. The number of sulfonamides is 1. The molecule has 0 aliphatic heterocycles. The predicted molar refractivity (Wildman–Crippen MR) is 91.8 cm³/mol. The van der Waals surface area contributed by atoms with Gasteiger partial charge in [-0.1, -0.05) is 13.0 Å². The van der Waals surface area contributed by atoms with Crippen molar-refractivity contribution >= 4 is 21.6 Å². The van der Waals surface area contributed by atoms with Gasteiger partial charge in [0.15, 0.2) is 0 Å². The lowest BCUT2D eigenvalue weighted by atomic mass is 10.2. The highest BCUT2D eigenvalue weighted by molar-refractivity contribution is 7.92. The van der Waals surface area contributed by atoms with E-state index < -0.39 is 10.0 Å². The Morgan fingerprint density at radius 2 is 2.04 bits per heavy atom. The van der Waals surface area contributed by atoms with Crippen LogP contribution in [0.1, 0.15) is 23.7 Å². The van der Waals surface area contributed by atoms with Crippen LogP contribution in [-0.4, -0.2) is 32.1 Å². The smallest absolute Gasteiger partial charge is 0.256 e. The number of aromatic nitrogens is 1. The van der Waals surface area contributed by atoms with Gasteiger partial charge in [-0.05, 0) is 30.7 Å². The zero-order valence-corrected chi connectivity index (χ0v) is 14.3. The molecule has 7 nitrogen and oxygen atoms in total. The molecule has 1 aromatic heterocycles. The summed E-state index contributed by atoms with van der Waals surface area (Å²) >= 11 is 0. The first-order chi connectivity index (χ1) is 11.4. The van der Waals surface area contributed by atoms with Gasteiger partial charge in [0.25, 0.3) is 5.91 Å². The van der Waals surface area contributed by atoms with Crippen LogP contribution in [0.2, 0.25) is 0 Å². The van der Waals surface area contributed by atoms with E-state index in [4.69, 9.17) is 4.74 Å². The number of hydrogen-bond donors (Lipinski definition) is 2. The minimum atomic E-state index is -3.38. The molecule has 2 aromatic rings. The van der Waals surface area contributed by atoms with Gasteiger partial charge in [0.1, 0.15) is 11.3 Å². The zero-order valence-electron chi connectivity index (χ0n) is 13.4. The molecule has 0 unspecified atom stereocenters. The average molecular weight is 349 g/mol. The quantitative estimate of drug-likeness (QED) is 0.800. The van der Waals surface area contributed by atoms with E-state index in [9.17, 15) is 13.2 Å². The lowest BCUT2D eigenvalue weighted by molar-refractivity contribution is 0.0950. The van der Waals surface area contributed by atoms with E-state index in [2.05, 4.69) is 15.0 Å². The summed E-state index contributed by atoms with van der Waals surface area (Å²) < 4.78 is 30.6. The second-order valence-corrected chi connectivity index (χ2v) is 6.86. The van der Waals surface area contributed by atoms with Gasteiger partial charge in [-0.3, -0.25) is 9.52 Å². The number of hydrogen-bond acceptors (Lipinski definition) is 5. The number of amides is 1. The number of nitrogens with zero attached hydrogens (tertiary/aromatic N) is 1. The molecular weight excluding hydrogens is 330 g/mol. The van der Waals surface area contributed by atoms with E-state index in [0.717, 1.165) is 12.7 Å². The van der Waals surface area contributed by atoms with Crippen molar-refractivity contribution in [3.8, 4) is 11.6 Å². The molecule has 1 aromatic carbocycles. The molecule has 1 heterocycles. The van der Waals surface area contributed by atoms with Crippen molar-refractivity contribution < 1.29 is 17.9 Å². The van der Waals surface area contributed by atoms with Gasteiger partial charge in [0, 0.05) is 18.8 Å². The van der Waals surface area contributed by atoms with E-state index in [1.54, 1.807) is 30.3 Å². The van der Waals surface area contributed by atoms with Gasteiger partial charge < -0.3 is 10.1 Å². The van der Waals surface area contributed by atoms with E-state index in [1.807, 2.05) is 6.92 Å². The minimum Gasteiger partial charge on any atom is -0.438 e. The van der Waals surface area contributed by atoms with Crippen LogP contribution >= 0.6 is 0 Å². The highest BCUT2D eigenvalue weighted by Gasteiger charge is 2.14. The fourth-order valence-electron chi connectivity index (χ4n) is 1.93. The van der Waals surface area contributed by atoms with Gasteiger partial charge in [0.05, 0.1) is 11.9 Å². The Hall–Kier alpha value is -2.61. The molecule has 0 fully saturated rings. The highest BCUT2D eigenvalue weighted by Crippen LogP contribution is 2.25. The second-order valence-electron chi connectivity index (χ2n) is 5.12. The van der Waals surface area contributed by atoms with Crippen LogP contribution in [0, 0.1) is 0 Å². The predicted octanol–water partition coefficient (Wildman–Crippen LogP) is 2.39. The van der Waals surface area contributed by atoms with Crippen molar-refractivity contribution in [3.63, 3.8) is 0 Å². The number of carbonyl (C=O) groups is 1. The minimum absolute atomic E-state index is 0.155. The van der Waals surface area contributed by atoms with Crippen LogP contribution in [0.5, 0.6) is 11.6 Å². The normalized spacial score (nSPS) is 10.9. The van der Waals surface area contributed by atoms with Crippen molar-refractivity contribution in [1.82, 2.24) is 10.3 Å². The number of carbonyl (C=O) groups excluding carboxylic acids is 1. The summed E-state index contributed by atoms with van der Waals surface area (Å²) in [5, 5.41) is 2.77. The maximum absolute atomic E-state index is 12.1. The first kappa shape index (κ1) is 17.7. The fraction of sp³-hybridized carbons (Fsp3) is 0.250.